The van der Waals surface area contributed by atoms with Gasteiger partial charge in [-0.2, -0.15) is 0 Å². The molecule has 0 aliphatic heterocycles. The standard InChI is InChI=1S/C10H8ClN3O/c1-6-2-7(11)3-12-9(6)10-13-4-8(5-15)14-10/h2-5H,1H3,(H,13,14). The van der Waals surface area contributed by atoms with Crippen molar-refractivity contribution in [2.45, 2.75) is 6.92 Å². The number of H-pyrrole nitrogens is 1. The number of aryl methyl sites for hydroxylation is 1. The molecule has 0 bridgehead atoms. The van der Waals surface area contributed by atoms with Crippen molar-refractivity contribution >= 4 is 17.9 Å². The highest BCUT2D eigenvalue weighted by atomic mass is 35.5. The van der Waals surface area contributed by atoms with E-state index in [4.69, 9.17) is 11.6 Å². The Kier molecular flexibility index (Phi) is 2.51. The maximum atomic E-state index is 10.5. The molecule has 1 N–H and O–H groups in total. The molecule has 2 aromatic rings. The van der Waals surface area contributed by atoms with Crippen molar-refractivity contribution in [2.75, 3.05) is 0 Å². The molecule has 4 nitrogen and oxygen atoms in total. The summed E-state index contributed by atoms with van der Waals surface area (Å²) in [7, 11) is 0. The lowest BCUT2D eigenvalue weighted by Gasteiger charge is -2.00. The van der Waals surface area contributed by atoms with Crippen LogP contribution in [0.5, 0.6) is 0 Å². The highest BCUT2D eigenvalue weighted by molar-refractivity contribution is 6.30. The molecular weight excluding hydrogens is 214 g/mol. The first-order valence-corrected chi connectivity index (χ1v) is 4.71. The third-order valence-corrected chi connectivity index (χ3v) is 2.20. The number of hydrogen-bond donors (Lipinski definition) is 1. The van der Waals surface area contributed by atoms with E-state index in [1.165, 1.54) is 6.20 Å². The van der Waals surface area contributed by atoms with Crippen LogP contribution in [0.1, 0.15) is 16.1 Å². The van der Waals surface area contributed by atoms with Crippen molar-refractivity contribution < 1.29 is 4.79 Å². The number of halogens is 1. The van der Waals surface area contributed by atoms with Crippen LogP contribution < -0.4 is 0 Å². The van der Waals surface area contributed by atoms with E-state index in [-0.39, 0.29) is 0 Å². The molecule has 0 aliphatic rings. The monoisotopic (exact) mass is 221 g/mol. The topological polar surface area (TPSA) is 58.6 Å². The van der Waals surface area contributed by atoms with E-state index in [9.17, 15) is 4.79 Å². The average Bonchev–Trinajstić information content (AvgIpc) is 2.66. The van der Waals surface area contributed by atoms with Gasteiger partial charge in [-0.15, -0.1) is 0 Å². The van der Waals surface area contributed by atoms with Crippen LogP contribution in [0.25, 0.3) is 11.5 Å². The molecule has 0 spiro atoms. The molecule has 0 amide bonds. The predicted molar refractivity (Wildman–Crippen MR) is 57.0 cm³/mol. The fourth-order valence-electron chi connectivity index (χ4n) is 1.30. The minimum atomic E-state index is 0.432. The van der Waals surface area contributed by atoms with Crippen LogP contribution in [0.2, 0.25) is 5.02 Å². The minimum Gasteiger partial charge on any atom is -0.334 e. The van der Waals surface area contributed by atoms with Crippen LogP contribution in [-0.2, 0) is 0 Å². The molecule has 2 rings (SSSR count). The maximum absolute atomic E-state index is 10.5. The Bertz CT molecular complexity index is 507. The number of aromatic nitrogens is 3. The number of aromatic amines is 1. The summed E-state index contributed by atoms with van der Waals surface area (Å²) in [4.78, 5) is 21.5. The first-order valence-electron chi connectivity index (χ1n) is 4.33. The number of aldehydes is 1. The van der Waals surface area contributed by atoms with Crippen molar-refractivity contribution in [2.24, 2.45) is 0 Å². The lowest BCUT2D eigenvalue weighted by atomic mass is 10.2. The molecule has 2 aromatic heterocycles. The number of carbonyl (C=O) groups is 1. The summed E-state index contributed by atoms with van der Waals surface area (Å²) >= 11 is 5.79. The lowest BCUT2D eigenvalue weighted by Crippen LogP contribution is -1.90. The van der Waals surface area contributed by atoms with Gasteiger partial charge in [0.15, 0.2) is 12.1 Å². The number of pyridine rings is 1. The van der Waals surface area contributed by atoms with Crippen LogP contribution in [0.3, 0.4) is 0 Å². The first kappa shape index (κ1) is 9.86. The Balaban J connectivity index is 2.49. The molecule has 0 unspecified atom stereocenters. The Hall–Kier alpha value is -1.68. The second kappa shape index (κ2) is 3.82. The van der Waals surface area contributed by atoms with Gasteiger partial charge < -0.3 is 4.98 Å². The van der Waals surface area contributed by atoms with Gasteiger partial charge in [-0.05, 0) is 18.6 Å². The summed E-state index contributed by atoms with van der Waals surface area (Å²) in [5, 5.41) is 0.582. The Morgan fingerprint density at radius 1 is 1.40 bits per heavy atom. The molecule has 0 saturated heterocycles. The molecule has 2 heterocycles. The summed E-state index contributed by atoms with van der Waals surface area (Å²) in [6.45, 7) is 1.89. The molecule has 15 heavy (non-hydrogen) atoms. The van der Waals surface area contributed by atoms with Gasteiger partial charge in [0.05, 0.1) is 16.9 Å². The van der Waals surface area contributed by atoms with Crippen LogP contribution >= 0.6 is 11.6 Å². The molecule has 0 saturated carbocycles. The molecule has 76 valence electrons. The molecule has 0 fully saturated rings. The number of nitrogens with zero attached hydrogens (tertiary/aromatic N) is 2. The van der Waals surface area contributed by atoms with Gasteiger partial charge in [0.1, 0.15) is 5.69 Å². The SMILES string of the molecule is Cc1cc(Cl)cnc1-c1ncc(C=O)[nH]1. The molecular formula is C10H8ClN3O. The Morgan fingerprint density at radius 3 is 2.80 bits per heavy atom. The normalized spacial score (nSPS) is 10.3. The van der Waals surface area contributed by atoms with Crippen LogP contribution in [0.4, 0.5) is 0 Å². The number of hydrogen-bond acceptors (Lipinski definition) is 3. The summed E-state index contributed by atoms with van der Waals surface area (Å²) in [5.74, 6) is 0.575. The predicted octanol–water partition coefficient (Wildman–Crippen LogP) is 2.25. The summed E-state index contributed by atoms with van der Waals surface area (Å²) in [5.41, 5.74) is 2.04. The molecule has 0 radical (unpaired) electrons. The van der Waals surface area contributed by atoms with E-state index < -0.39 is 0 Å². The third kappa shape index (κ3) is 1.89. The second-order valence-electron chi connectivity index (χ2n) is 3.12. The fourth-order valence-corrected chi connectivity index (χ4v) is 1.52. The third-order valence-electron chi connectivity index (χ3n) is 1.99. The number of carbonyl (C=O) groups excluding carboxylic acids is 1. The summed E-state index contributed by atoms with van der Waals surface area (Å²) < 4.78 is 0. The summed E-state index contributed by atoms with van der Waals surface area (Å²) in [6, 6.07) is 1.80. The molecule has 0 atom stereocenters. The fraction of sp³-hybridized carbons (Fsp3) is 0.100. The highest BCUT2D eigenvalue weighted by Gasteiger charge is 2.07. The van der Waals surface area contributed by atoms with E-state index >= 15 is 0 Å². The molecule has 5 heteroatoms. The van der Waals surface area contributed by atoms with Crippen molar-refractivity contribution in [1.29, 1.82) is 0 Å². The Morgan fingerprint density at radius 2 is 2.20 bits per heavy atom. The van der Waals surface area contributed by atoms with E-state index in [1.807, 2.05) is 6.92 Å². The van der Waals surface area contributed by atoms with Gasteiger partial charge in [0.2, 0.25) is 0 Å². The van der Waals surface area contributed by atoms with Gasteiger partial charge in [-0.1, -0.05) is 11.6 Å². The largest absolute Gasteiger partial charge is 0.334 e. The van der Waals surface area contributed by atoms with Gasteiger partial charge in [0.25, 0.3) is 0 Å². The maximum Gasteiger partial charge on any atom is 0.167 e. The summed E-state index contributed by atoms with van der Waals surface area (Å²) in [6.07, 6.45) is 3.73. The van der Waals surface area contributed by atoms with Crippen LogP contribution in [0, 0.1) is 6.92 Å². The Labute approximate surface area is 91.3 Å². The minimum absolute atomic E-state index is 0.432. The van der Waals surface area contributed by atoms with Crippen molar-refractivity contribution in [1.82, 2.24) is 15.0 Å². The smallest absolute Gasteiger partial charge is 0.167 e. The van der Waals surface area contributed by atoms with Crippen molar-refractivity contribution in [3.8, 4) is 11.5 Å². The second-order valence-corrected chi connectivity index (χ2v) is 3.56. The van der Waals surface area contributed by atoms with Gasteiger partial charge in [-0.3, -0.25) is 9.78 Å². The lowest BCUT2D eigenvalue weighted by molar-refractivity contribution is 0.111. The van der Waals surface area contributed by atoms with Crippen LogP contribution in [-0.4, -0.2) is 21.2 Å². The van der Waals surface area contributed by atoms with E-state index in [0.717, 1.165) is 5.56 Å². The number of imidazole rings is 1. The number of rotatable bonds is 2. The zero-order valence-corrected chi connectivity index (χ0v) is 8.75. The average molecular weight is 222 g/mol. The highest BCUT2D eigenvalue weighted by Crippen LogP contribution is 2.20. The molecule has 0 aromatic carbocycles. The zero-order valence-electron chi connectivity index (χ0n) is 7.99. The van der Waals surface area contributed by atoms with Gasteiger partial charge >= 0.3 is 0 Å². The van der Waals surface area contributed by atoms with Gasteiger partial charge in [0, 0.05) is 6.20 Å². The number of nitrogens with one attached hydrogen (secondary N) is 1. The molecule has 0 aliphatic carbocycles. The zero-order chi connectivity index (χ0) is 10.8. The van der Waals surface area contributed by atoms with Crippen molar-refractivity contribution in [3.05, 3.63) is 34.7 Å². The first-order chi connectivity index (χ1) is 7.20. The van der Waals surface area contributed by atoms with Crippen LogP contribution in [0.15, 0.2) is 18.5 Å². The van der Waals surface area contributed by atoms with E-state index in [2.05, 4.69) is 15.0 Å². The van der Waals surface area contributed by atoms with Gasteiger partial charge in [-0.25, -0.2) is 4.98 Å². The van der Waals surface area contributed by atoms with E-state index in [0.29, 0.717) is 28.5 Å². The van der Waals surface area contributed by atoms with E-state index in [1.54, 1.807) is 12.3 Å². The van der Waals surface area contributed by atoms with Crippen molar-refractivity contribution in [3.63, 3.8) is 0 Å². The quantitative estimate of drug-likeness (QED) is 0.792.